The van der Waals surface area contributed by atoms with E-state index in [0.717, 1.165) is 35.3 Å². The molecule has 8 heteroatoms. The van der Waals surface area contributed by atoms with Crippen molar-refractivity contribution in [1.29, 1.82) is 0 Å². The topological polar surface area (TPSA) is 89.1 Å². The summed E-state index contributed by atoms with van der Waals surface area (Å²) in [6.45, 7) is 0.835. The lowest BCUT2D eigenvalue weighted by Crippen LogP contribution is -2.47. The van der Waals surface area contributed by atoms with Gasteiger partial charge in [-0.05, 0) is 60.2 Å². The highest BCUT2D eigenvalue weighted by Gasteiger charge is 2.33. The average molecular weight is 482 g/mol. The number of urea groups is 1. The number of amides is 3. The second-order valence-corrected chi connectivity index (χ2v) is 9.06. The van der Waals surface area contributed by atoms with Crippen molar-refractivity contribution in [3.63, 3.8) is 0 Å². The number of methoxy groups -OCH3 is 3. The van der Waals surface area contributed by atoms with Gasteiger partial charge in [-0.15, -0.1) is 0 Å². The van der Waals surface area contributed by atoms with Gasteiger partial charge in [0.25, 0.3) is 0 Å². The van der Waals surface area contributed by atoms with Gasteiger partial charge in [0.2, 0.25) is 5.91 Å². The normalized spacial score (nSPS) is 17.5. The van der Waals surface area contributed by atoms with Gasteiger partial charge in [0.1, 0.15) is 5.75 Å². The van der Waals surface area contributed by atoms with Gasteiger partial charge in [-0.2, -0.15) is 0 Å². The molecule has 8 nitrogen and oxygen atoms in total. The third-order valence-electron chi connectivity index (χ3n) is 6.91. The molecule has 2 aromatic rings. The molecule has 1 fully saturated rings. The number of carbonyl (C=O) groups excluding carboxylic acids is 2. The minimum absolute atomic E-state index is 0.00951. The van der Waals surface area contributed by atoms with Crippen molar-refractivity contribution in [3.05, 3.63) is 53.1 Å². The zero-order chi connectivity index (χ0) is 24.8. The van der Waals surface area contributed by atoms with Crippen LogP contribution in [0.2, 0.25) is 0 Å². The molecule has 0 aromatic heterocycles. The molecule has 0 radical (unpaired) electrons. The summed E-state index contributed by atoms with van der Waals surface area (Å²) in [5.74, 6) is 2.03. The lowest BCUT2D eigenvalue weighted by atomic mass is 9.87. The Hall–Kier alpha value is -3.42. The van der Waals surface area contributed by atoms with Crippen molar-refractivity contribution in [2.45, 2.75) is 50.6 Å². The summed E-state index contributed by atoms with van der Waals surface area (Å²) >= 11 is 0. The Labute approximate surface area is 206 Å². The first kappa shape index (κ1) is 24.7. The van der Waals surface area contributed by atoms with Crippen LogP contribution in [0.4, 0.5) is 4.79 Å². The van der Waals surface area contributed by atoms with E-state index in [1.807, 2.05) is 41.3 Å². The van der Waals surface area contributed by atoms with E-state index in [-0.39, 0.29) is 30.4 Å². The minimum Gasteiger partial charge on any atom is -0.497 e. The van der Waals surface area contributed by atoms with Gasteiger partial charge >= 0.3 is 6.03 Å². The third-order valence-corrected chi connectivity index (χ3v) is 6.91. The van der Waals surface area contributed by atoms with E-state index in [2.05, 4.69) is 10.6 Å². The second-order valence-electron chi connectivity index (χ2n) is 9.06. The van der Waals surface area contributed by atoms with E-state index in [1.54, 1.807) is 21.3 Å². The maximum Gasteiger partial charge on any atom is 0.318 e. The lowest BCUT2D eigenvalue weighted by molar-refractivity contribution is -0.121. The minimum atomic E-state index is -0.309. The first-order valence-electron chi connectivity index (χ1n) is 12.3. The molecule has 0 saturated heterocycles. The molecular weight excluding hydrogens is 446 g/mol. The summed E-state index contributed by atoms with van der Waals surface area (Å²) in [4.78, 5) is 27.4. The molecule has 1 aliphatic heterocycles. The highest BCUT2D eigenvalue weighted by molar-refractivity contribution is 5.79. The molecule has 1 unspecified atom stereocenters. The smallest absolute Gasteiger partial charge is 0.318 e. The number of hydrogen-bond acceptors (Lipinski definition) is 5. The van der Waals surface area contributed by atoms with Crippen molar-refractivity contribution in [2.75, 3.05) is 34.4 Å². The molecule has 2 aromatic carbocycles. The predicted octanol–water partition coefficient (Wildman–Crippen LogP) is 3.82. The van der Waals surface area contributed by atoms with Crippen LogP contribution in [0.1, 0.15) is 54.8 Å². The van der Waals surface area contributed by atoms with Crippen LogP contribution in [0.25, 0.3) is 0 Å². The molecule has 4 rings (SSSR count). The first-order chi connectivity index (χ1) is 17.0. The average Bonchev–Trinajstić information content (AvgIpc) is 3.40. The summed E-state index contributed by atoms with van der Waals surface area (Å²) in [6.07, 6.45) is 5.39. The second kappa shape index (κ2) is 11.3. The number of fused-ring (bicyclic) bond motifs is 1. The van der Waals surface area contributed by atoms with Gasteiger partial charge in [-0.1, -0.05) is 25.0 Å². The quantitative estimate of drug-likeness (QED) is 0.598. The molecule has 1 aliphatic carbocycles. The number of benzene rings is 2. The Morgan fingerprint density at radius 1 is 0.971 bits per heavy atom. The van der Waals surface area contributed by atoms with Crippen LogP contribution in [0.5, 0.6) is 17.2 Å². The number of nitrogens with one attached hydrogen (secondary N) is 2. The van der Waals surface area contributed by atoms with Gasteiger partial charge in [-0.3, -0.25) is 4.79 Å². The van der Waals surface area contributed by atoms with E-state index >= 15 is 0 Å². The Kier molecular flexibility index (Phi) is 8.00. The van der Waals surface area contributed by atoms with E-state index in [4.69, 9.17) is 14.2 Å². The van der Waals surface area contributed by atoms with Gasteiger partial charge in [0, 0.05) is 25.6 Å². The molecule has 188 valence electrons. The van der Waals surface area contributed by atoms with Gasteiger partial charge in [0.05, 0.1) is 27.4 Å². The highest BCUT2D eigenvalue weighted by Crippen LogP contribution is 2.41. The zero-order valence-electron chi connectivity index (χ0n) is 20.8. The van der Waals surface area contributed by atoms with Crippen molar-refractivity contribution in [1.82, 2.24) is 15.5 Å². The van der Waals surface area contributed by atoms with E-state index in [0.29, 0.717) is 31.0 Å². The van der Waals surface area contributed by atoms with E-state index in [1.165, 1.54) is 12.8 Å². The fourth-order valence-corrected chi connectivity index (χ4v) is 5.06. The Balaban J connectivity index is 1.53. The molecule has 0 spiro atoms. The van der Waals surface area contributed by atoms with Crippen molar-refractivity contribution >= 4 is 11.9 Å². The maximum absolute atomic E-state index is 13.3. The highest BCUT2D eigenvalue weighted by atomic mass is 16.5. The van der Waals surface area contributed by atoms with Crippen LogP contribution in [-0.2, 0) is 11.2 Å². The van der Waals surface area contributed by atoms with E-state index < -0.39 is 0 Å². The summed E-state index contributed by atoms with van der Waals surface area (Å²) in [5.41, 5.74) is 3.07. The number of carbonyl (C=O) groups is 2. The first-order valence-corrected chi connectivity index (χ1v) is 12.3. The summed E-state index contributed by atoms with van der Waals surface area (Å²) in [5, 5.41) is 6.03. The third kappa shape index (κ3) is 5.63. The SMILES string of the molecule is COc1ccc(C2c3cc(OC)c(OC)cc3CCN2C(=O)NCCC(=O)NC2CCCC2)cc1. The largest absolute Gasteiger partial charge is 0.497 e. The molecule has 2 N–H and O–H groups in total. The lowest BCUT2D eigenvalue weighted by Gasteiger charge is -2.38. The Bertz CT molecular complexity index is 1030. The fraction of sp³-hybridized carbons (Fsp3) is 0.481. The molecule has 35 heavy (non-hydrogen) atoms. The summed E-state index contributed by atoms with van der Waals surface area (Å²) in [6, 6.07) is 11.5. The van der Waals surface area contributed by atoms with Gasteiger partial charge in [-0.25, -0.2) is 4.79 Å². The molecule has 3 amide bonds. The Morgan fingerprint density at radius 3 is 2.31 bits per heavy atom. The molecule has 1 atom stereocenters. The monoisotopic (exact) mass is 481 g/mol. The van der Waals surface area contributed by atoms with Gasteiger partial charge in [0.15, 0.2) is 11.5 Å². The Morgan fingerprint density at radius 2 is 1.66 bits per heavy atom. The number of rotatable bonds is 8. The summed E-state index contributed by atoms with van der Waals surface area (Å²) < 4.78 is 16.4. The predicted molar refractivity (Wildman–Crippen MR) is 133 cm³/mol. The van der Waals surface area contributed by atoms with Gasteiger partial charge < -0.3 is 29.7 Å². The van der Waals surface area contributed by atoms with Crippen LogP contribution >= 0.6 is 0 Å². The fourth-order valence-electron chi connectivity index (χ4n) is 5.06. The van der Waals surface area contributed by atoms with Crippen LogP contribution in [0, 0.1) is 0 Å². The number of hydrogen-bond donors (Lipinski definition) is 2. The standard InChI is InChI=1S/C27H35N3O5/c1-33-21-10-8-18(9-11-21)26-22-17-24(35-3)23(34-2)16-19(22)13-15-30(26)27(32)28-14-12-25(31)29-20-6-4-5-7-20/h8-11,16-17,20,26H,4-7,12-15H2,1-3H3,(H,28,32)(H,29,31). The number of nitrogens with zero attached hydrogens (tertiary/aromatic N) is 1. The van der Waals surface area contributed by atoms with Crippen molar-refractivity contribution in [3.8, 4) is 17.2 Å². The van der Waals surface area contributed by atoms with E-state index in [9.17, 15) is 9.59 Å². The molecule has 2 aliphatic rings. The maximum atomic E-state index is 13.3. The van der Waals surface area contributed by atoms with Crippen LogP contribution in [0.15, 0.2) is 36.4 Å². The van der Waals surface area contributed by atoms with Crippen LogP contribution < -0.4 is 24.8 Å². The van der Waals surface area contributed by atoms with Crippen LogP contribution in [-0.4, -0.2) is 57.3 Å². The van der Waals surface area contributed by atoms with Crippen molar-refractivity contribution in [2.24, 2.45) is 0 Å². The van der Waals surface area contributed by atoms with Crippen molar-refractivity contribution < 1.29 is 23.8 Å². The summed E-state index contributed by atoms with van der Waals surface area (Å²) in [7, 11) is 4.86. The molecule has 0 bridgehead atoms. The zero-order valence-corrected chi connectivity index (χ0v) is 20.8. The van der Waals surface area contributed by atoms with Crippen LogP contribution in [0.3, 0.4) is 0 Å². The molecule has 1 heterocycles. The molecular formula is C27H35N3O5. The molecule has 1 saturated carbocycles. The number of ether oxygens (including phenoxy) is 3.